The molecule has 1 heterocycles. The van der Waals surface area contributed by atoms with E-state index in [0.717, 1.165) is 0 Å². The van der Waals surface area contributed by atoms with Crippen LogP contribution in [-0.2, 0) is 6.42 Å². The molecule has 6 nitrogen and oxygen atoms in total. The van der Waals surface area contributed by atoms with Crippen molar-refractivity contribution in [3.63, 3.8) is 0 Å². The third kappa shape index (κ3) is 2.54. The van der Waals surface area contributed by atoms with Gasteiger partial charge >= 0.3 is 0 Å². The number of rotatable bonds is 4. The van der Waals surface area contributed by atoms with Crippen molar-refractivity contribution in [3.05, 3.63) is 29.0 Å². The molecule has 1 N–H and O–H groups in total. The monoisotopic (exact) mass is 254 g/mol. The highest BCUT2D eigenvalue weighted by atomic mass is 35.5. The van der Waals surface area contributed by atoms with E-state index >= 15 is 0 Å². The number of ether oxygens (including phenoxy) is 1. The summed E-state index contributed by atoms with van der Waals surface area (Å²) < 4.78 is 5.05. The quantitative estimate of drug-likeness (QED) is 0.876. The molecular formula is C10H11ClN4O2. The summed E-state index contributed by atoms with van der Waals surface area (Å²) in [4.78, 5) is 1.36. The van der Waals surface area contributed by atoms with E-state index in [-0.39, 0.29) is 6.61 Å². The van der Waals surface area contributed by atoms with Crippen molar-refractivity contribution in [2.45, 2.75) is 6.42 Å². The van der Waals surface area contributed by atoms with Crippen molar-refractivity contribution in [1.82, 2.24) is 20.2 Å². The average Bonchev–Trinajstić information content (AvgIpc) is 2.78. The maximum absolute atomic E-state index is 8.76. The zero-order valence-electron chi connectivity index (χ0n) is 9.17. The number of halogens is 1. The third-order valence-corrected chi connectivity index (χ3v) is 2.45. The second-order valence-electron chi connectivity index (χ2n) is 3.29. The van der Waals surface area contributed by atoms with Crippen LogP contribution in [-0.4, -0.2) is 39.0 Å². The lowest BCUT2D eigenvalue weighted by Gasteiger charge is -2.04. The Bertz CT molecular complexity index is 515. The average molecular weight is 255 g/mol. The zero-order valence-corrected chi connectivity index (χ0v) is 9.92. The molecule has 0 aliphatic rings. The first kappa shape index (κ1) is 11.8. The van der Waals surface area contributed by atoms with Gasteiger partial charge in [0.25, 0.3) is 0 Å². The molecule has 0 aliphatic heterocycles. The number of hydrogen-bond acceptors (Lipinski definition) is 5. The van der Waals surface area contributed by atoms with E-state index in [1.165, 1.54) is 4.80 Å². The minimum atomic E-state index is -0.00490. The Kier molecular flexibility index (Phi) is 3.55. The molecule has 0 radical (unpaired) electrons. The van der Waals surface area contributed by atoms with Gasteiger partial charge in [0.15, 0.2) is 5.82 Å². The lowest BCUT2D eigenvalue weighted by atomic mass is 10.3. The molecule has 0 bridgehead atoms. The lowest BCUT2D eigenvalue weighted by Crippen LogP contribution is -2.00. The van der Waals surface area contributed by atoms with Gasteiger partial charge in [-0.1, -0.05) is 11.6 Å². The summed E-state index contributed by atoms with van der Waals surface area (Å²) in [6.07, 6.45) is 0.379. The maximum atomic E-state index is 8.76. The van der Waals surface area contributed by atoms with Crippen LogP contribution in [0, 0.1) is 0 Å². The number of benzene rings is 1. The summed E-state index contributed by atoms with van der Waals surface area (Å²) in [5, 5.41) is 21.0. The number of aromatic nitrogens is 4. The van der Waals surface area contributed by atoms with Gasteiger partial charge in [0.1, 0.15) is 5.75 Å². The number of aliphatic hydroxyl groups excluding tert-OH is 1. The molecule has 0 unspecified atom stereocenters. The van der Waals surface area contributed by atoms with Crippen molar-refractivity contribution >= 4 is 11.6 Å². The van der Waals surface area contributed by atoms with Crippen molar-refractivity contribution < 1.29 is 9.84 Å². The van der Waals surface area contributed by atoms with Gasteiger partial charge in [-0.3, -0.25) is 0 Å². The molecule has 0 atom stereocenters. The van der Waals surface area contributed by atoms with Crippen LogP contribution in [0.15, 0.2) is 18.2 Å². The molecule has 0 amide bonds. The predicted octanol–water partition coefficient (Wildman–Crippen LogP) is 0.859. The molecule has 0 spiro atoms. The van der Waals surface area contributed by atoms with Gasteiger partial charge < -0.3 is 9.84 Å². The molecule has 2 rings (SSSR count). The highest BCUT2D eigenvalue weighted by Crippen LogP contribution is 2.25. The standard InChI is InChI=1S/C10H11ClN4O2/c1-17-9-3-2-7(6-8(9)11)15-13-10(4-5-16)12-14-15/h2-3,6,16H,4-5H2,1H3. The van der Waals surface area contributed by atoms with Crippen LogP contribution >= 0.6 is 11.6 Å². The van der Waals surface area contributed by atoms with Crippen LogP contribution < -0.4 is 4.74 Å². The zero-order chi connectivity index (χ0) is 12.3. The fourth-order valence-electron chi connectivity index (χ4n) is 1.33. The van der Waals surface area contributed by atoms with Gasteiger partial charge in [0.2, 0.25) is 0 Å². The molecule has 0 aliphatic carbocycles. The molecule has 1 aromatic heterocycles. The summed E-state index contributed by atoms with van der Waals surface area (Å²) in [7, 11) is 1.55. The SMILES string of the molecule is COc1ccc(-n2nnc(CCO)n2)cc1Cl. The van der Waals surface area contributed by atoms with E-state index in [2.05, 4.69) is 15.4 Å². The van der Waals surface area contributed by atoms with Gasteiger partial charge in [0, 0.05) is 6.42 Å². The van der Waals surface area contributed by atoms with Gasteiger partial charge in [-0.2, -0.15) is 0 Å². The Hall–Kier alpha value is -1.66. The van der Waals surface area contributed by atoms with Crippen LogP contribution in [0.2, 0.25) is 5.02 Å². The van der Waals surface area contributed by atoms with Crippen LogP contribution in [0.1, 0.15) is 5.82 Å². The first-order chi connectivity index (χ1) is 8.24. The van der Waals surface area contributed by atoms with E-state index in [1.807, 2.05) is 0 Å². The fraction of sp³-hybridized carbons (Fsp3) is 0.300. The molecular weight excluding hydrogens is 244 g/mol. The maximum Gasteiger partial charge on any atom is 0.177 e. The van der Waals surface area contributed by atoms with Crippen LogP contribution in [0.25, 0.3) is 5.69 Å². The van der Waals surface area contributed by atoms with Crippen molar-refractivity contribution in [2.24, 2.45) is 0 Å². The number of hydrogen-bond donors (Lipinski definition) is 1. The fourth-order valence-corrected chi connectivity index (χ4v) is 1.58. The Morgan fingerprint density at radius 3 is 2.94 bits per heavy atom. The highest BCUT2D eigenvalue weighted by molar-refractivity contribution is 6.32. The van der Waals surface area contributed by atoms with Gasteiger partial charge in [-0.15, -0.1) is 15.0 Å². The molecule has 2 aromatic rings. The Balaban J connectivity index is 2.29. The Labute approximate surface area is 103 Å². The summed E-state index contributed by atoms with van der Waals surface area (Å²) in [6, 6.07) is 5.19. The van der Waals surface area contributed by atoms with Crippen molar-refractivity contribution in [3.8, 4) is 11.4 Å². The number of nitrogens with zero attached hydrogens (tertiary/aromatic N) is 4. The Morgan fingerprint density at radius 1 is 1.47 bits per heavy atom. The summed E-state index contributed by atoms with van der Waals surface area (Å²) in [6.45, 7) is -0.00490. The summed E-state index contributed by atoms with van der Waals surface area (Å²) in [5.41, 5.74) is 0.687. The molecule has 0 saturated carbocycles. The van der Waals surface area contributed by atoms with E-state index in [9.17, 15) is 0 Å². The van der Waals surface area contributed by atoms with E-state index in [1.54, 1.807) is 25.3 Å². The van der Waals surface area contributed by atoms with Crippen molar-refractivity contribution in [2.75, 3.05) is 13.7 Å². The minimum Gasteiger partial charge on any atom is -0.495 e. The van der Waals surface area contributed by atoms with Crippen LogP contribution in [0.3, 0.4) is 0 Å². The van der Waals surface area contributed by atoms with Gasteiger partial charge in [-0.25, -0.2) is 0 Å². The van der Waals surface area contributed by atoms with Gasteiger partial charge in [0.05, 0.1) is 24.4 Å². The molecule has 90 valence electrons. The Morgan fingerprint density at radius 2 is 2.29 bits per heavy atom. The smallest absolute Gasteiger partial charge is 0.177 e. The normalized spacial score (nSPS) is 10.5. The van der Waals surface area contributed by atoms with E-state index in [4.69, 9.17) is 21.4 Å². The van der Waals surface area contributed by atoms with Crippen LogP contribution in [0.4, 0.5) is 0 Å². The second-order valence-corrected chi connectivity index (χ2v) is 3.69. The highest BCUT2D eigenvalue weighted by Gasteiger charge is 2.07. The van der Waals surface area contributed by atoms with Crippen molar-refractivity contribution in [1.29, 1.82) is 0 Å². The first-order valence-corrected chi connectivity index (χ1v) is 5.36. The van der Waals surface area contributed by atoms with Gasteiger partial charge in [-0.05, 0) is 23.4 Å². The summed E-state index contributed by atoms with van der Waals surface area (Å²) in [5.74, 6) is 1.07. The number of methoxy groups -OCH3 is 1. The lowest BCUT2D eigenvalue weighted by molar-refractivity contribution is 0.296. The molecule has 7 heteroatoms. The number of aliphatic hydroxyl groups is 1. The van der Waals surface area contributed by atoms with E-state index < -0.39 is 0 Å². The summed E-state index contributed by atoms with van der Waals surface area (Å²) >= 11 is 5.99. The molecule has 0 saturated heterocycles. The predicted molar refractivity (Wildman–Crippen MR) is 61.5 cm³/mol. The van der Waals surface area contributed by atoms with Crippen LogP contribution in [0.5, 0.6) is 5.75 Å². The first-order valence-electron chi connectivity index (χ1n) is 4.98. The topological polar surface area (TPSA) is 73.1 Å². The second kappa shape index (κ2) is 5.11. The largest absolute Gasteiger partial charge is 0.495 e. The molecule has 0 fully saturated rings. The molecule has 1 aromatic carbocycles. The molecule has 17 heavy (non-hydrogen) atoms. The minimum absolute atomic E-state index is 0.00490. The third-order valence-electron chi connectivity index (χ3n) is 2.16. The van der Waals surface area contributed by atoms with E-state index in [0.29, 0.717) is 28.7 Å². The number of tetrazole rings is 1.